The summed E-state index contributed by atoms with van der Waals surface area (Å²) in [5.74, 6) is -3.15. The number of Topliss-reactive ketones (excluding diaryl/α,β-unsaturated/α-hetero) is 2. The molecule has 2 fully saturated rings. The van der Waals surface area contributed by atoms with Gasteiger partial charge in [-0.2, -0.15) is 0 Å². The summed E-state index contributed by atoms with van der Waals surface area (Å²) < 4.78 is 35.5. The Balaban J connectivity index is 1.75. The minimum atomic E-state index is -2.91. The normalized spacial score (nSPS) is 20.0. The van der Waals surface area contributed by atoms with Crippen LogP contribution in [0, 0.1) is 17.3 Å². The van der Waals surface area contributed by atoms with E-state index < -0.39 is 47.4 Å². The third-order valence-corrected chi connectivity index (χ3v) is 6.37. The Labute approximate surface area is 202 Å². The molecular formula is C24H33F2N3O6. The predicted octanol–water partition coefficient (Wildman–Crippen LogP) is 4.63. The molecule has 0 spiro atoms. The van der Waals surface area contributed by atoms with Crippen LogP contribution in [0.1, 0.15) is 95.3 Å². The van der Waals surface area contributed by atoms with E-state index in [1.54, 1.807) is 20.8 Å². The summed E-state index contributed by atoms with van der Waals surface area (Å²) in [6, 6.07) is 0.875. The summed E-state index contributed by atoms with van der Waals surface area (Å²) >= 11 is 0. The number of nitrogens with zero attached hydrogens (tertiary/aromatic N) is 2. The molecule has 2 amide bonds. The zero-order valence-electron chi connectivity index (χ0n) is 20.6. The molecule has 1 heterocycles. The van der Waals surface area contributed by atoms with Crippen LogP contribution in [0.5, 0.6) is 0 Å². The molecule has 35 heavy (non-hydrogen) atoms. The van der Waals surface area contributed by atoms with E-state index in [0.717, 1.165) is 23.9 Å². The van der Waals surface area contributed by atoms with Crippen molar-refractivity contribution in [1.29, 1.82) is 0 Å². The maximum absolute atomic E-state index is 13.3. The van der Waals surface area contributed by atoms with Gasteiger partial charge in [-0.1, -0.05) is 12.1 Å². The van der Waals surface area contributed by atoms with Crippen LogP contribution in [0.4, 0.5) is 13.6 Å². The Morgan fingerprint density at radius 1 is 1.31 bits per heavy atom. The Morgan fingerprint density at radius 2 is 2.00 bits per heavy atom. The molecule has 0 saturated heterocycles. The van der Waals surface area contributed by atoms with E-state index in [-0.39, 0.29) is 29.9 Å². The fourth-order valence-electron chi connectivity index (χ4n) is 4.13. The first-order valence-corrected chi connectivity index (χ1v) is 11.9. The standard InChI is InChI=1S/C24H33F2N3O6/c1-23(2,3)34-22(33)29(13-14-6-5-7-17(14)30)27-21(32)15(12-24(4)8-9-24)10-18(31)16-11-19(20(25)26)35-28-16/h11,14-15,20H,5-10,12-13H2,1-4H3,(H,27,32)/t14-,15-/m0/s1. The maximum atomic E-state index is 13.3. The van der Waals surface area contributed by atoms with Gasteiger partial charge in [-0.3, -0.25) is 19.8 Å². The number of amides is 2. The summed E-state index contributed by atoms with van der Waals surface area (Å²) in [6.07, 6.45) is -0.113. The number of ketones is 2. The topological polar surface area (TPSA) is 119 Å². The lowest BCUT2D eigenvalue weighted by atomic mass is 9.88. The smallest absolute Gasteiger partial charge is 0.429 e. The molecule has 3 rings (SSSR count). The summed E-state index contributed by atoms with van der Waals surface area (Å²) in [5.41, 5.74) is 1.34. The molecule has 2 aliphatic rings. The number of ether oxygens (including phenoxy) is 1. The highest BCUT2D eigenvalue weighted by Gasteiger charge is 2.42. The molecule has 0 bridgehead atoms. The quantitative estimate of drug-likeness (QED) is 0.390. The number of aromatic nitrogens is 1. The highest BCUT2D eigenvalue weighted by Crippen LogP contribution is 2.50. The van der Waals surface area contributed by atoms with Crippen molar-refractivity contribution in [2.24, 2.45) is 17.3 Å². The monoisotopic (exact) mass is 497 g/mol. The van der Waals surface area contributed by atoms with Crippen molar-refractivity contribution in [2.45, 2.75) is 84.7 Å². The molecular weight excluding hydrogens is 464 g/mol. The molecule has 1 N–H and O–H groups in total. The third kappa shape index (κ3) is 7.57. The van der Waals surface area contributed by atoms with Crippen molar-refractivity contribution in [3.63, 3.8) is 0 Å². The lowest BCUT2D eigenvalue weighted by Gasteiger charge is -2.30. The number of hydrogen-bond acceptors (Lipinski definition) is 7. The van der Waals surface area contributed by atoms with E-state index in [4.69, 9.17) is 4.74 Å². The number of nitrogens with one attached hydrogen (secondary N) is 1. The molecule has 1 aromatic rings. The number of carbonyl (C=O) groups is 4. The number of carbonyl (C=O) groups excluding carboxylic acids is 4. The van der Waals surface area contributed by atoms with Gasteiger partial charge in [0.2, 0.25) is 11.7 Å². The maximum Gasteiger partial charge on any atom is 0.429 e. The van der Waals surface area contributed by atoms with Gasteiger partial charge in [0.05, 0.1) is 6.54 Å². The lowest BCUT2D eigenvalue weighted by molar-refractivity contribution is -0.132. The largest absolute Gasteiger partial charge is 0.442 e. The average molecular weight is 498 g/mol. The third-order valence-electron chi connectivity index (χ3n) is 6.37. The van der Waals surface area contributed by atoms with E-state index in [2.05, 4.69) is 15.1 Å². The fraction of sp³-hybridized carbons (Fsp3) is 0.708. The Hall–Kier alpha value is -2.85. The van der Waals surface area contributed by atoms with Crippen molar-refractivity contribution < 1.29 is 37.2 Å². The average Bonchev–Trinajstić information content (AvgIpc) is 3.13. The van der Waals surface area contributed by atoms with Crippen molar-refractivity contribution in [3.8, 4) is 0 Å². The summed E-state index contributed by atoms with van der Waals surface area (Å²) in [7, 11) is 0. The minimum Gasteiger partial charge on any atom is -0.442 e. The molecule has 11 heteroatoms. The van der Waals surface area contributed by atoms with Gasteiger partial charge >= 0.3 is 6.09 Å². The van der Waals surface area contributed by atoms with Gasteiger partial charge in [-0.25, -0.2) is 18.6 Å². The molecule has 0 unspecified atom stereocenters. The first-order chi connectivity index (χ1) is 16.3. The lowest BCUT2D eigenvalue weighted by Crippen LogP contribution is -2.52. The Bertz CT molecular complexity index is 967. The second kappa shape index (κ2) is 10.4. The summed E-state index contributed by atoms with van der Waals surface area (Å²) in [6.45, 7) is 7.02. The number of alkyl halides is 2. The van der Waals surface area contributed by atoms with Crippen LogP contribution in [0.2, 0.25) is 0 Å². The van der Waals surface area contributed by atoms with E-state index in [1.807, 2.05) is 6.92 Å². The number of halogens is 2. The molecule has 0 aliphatic heterocycles. The van der Waals surface area contributed by atoms with Crippen LogP contribution in [0.3, 0.4) is 0 Å². The predicted molar refractivity (Wildman–Crippen MR) is 119 cm³/mol. The van der Waals surface area contributed by atoms with Gasteiger partial charge in [0.25, 0.3) is 6.43 Å². The van der Waals surface area contributed by atoms with E-state index >= 15 is 0 Å². The van der Waals surface area contributed by atoms with Gasteiger partial charge < -0.3 is 9.26 Å². The first-order valence-electron chi connectivity index (χ1n) is 11.9. The van der Waals surface area contributed by atoms with Crippen molar-refractivity contribution in [1.82, 2.24) is 15.6 Å². The highest BCUT2D eigenvalue weighted by atomic mass is 19.3. The number of rotatable bonds is 9. The molecule has 2 atom stereocenters. The molecule has 0 aromatic carbocycles. The summed E-state index contributed by atoms with van der Waals surface area (Å²) in [4.78, 5) is 51.1. The van der Waals surface area contributed by atoms with Gasteiger partial charge in [-0.15, -0.1) is 0 Å². The van der Waals surface area contributed by atoms with Gasteiger partial charge in [-0.05, 0) is 58.3 Å². The van der Waals surface area contributed by atoms with E-state index in [9.17, 15) is 28.0 Å². The van der Waals surface area contributed by atoms with Crippen LogP contribution < -0.4 is 5.43 Å². The Morgan fingerprint density at radius 3 is 2.51 bits per heavy atom. The molecule has 1 aromatic heterocycles. The molecule has 9 nitrogen and oxygen atoms in total. The first kappa shape index (κ1) is 26.7. The Kier molecular flexibility index (Phi) is 7.96. The van der Waals surface area contributed by atoms with E-state index in [1.165, 1.54) is 0 Å². The van der Waals surface area contributed by atoms with Crippen LogP contribution >= 0.6 is 0 Å². The second-order valence-corrected chi connectivity index (χ2v) is 10.9. The second-order valence-electron chi connectivity index (χ2n) is 10.9. The zero-order valence-corrected chi connectivity index (χ0v) is 20.6. The van der Waals surface area contributed by atoms with Crippen LogP contribution in [0.25, 0.3) is 0 Å². The van der Waals surface area contributed by atoms with E-state index in [0.29, 0.717) is 25.7 Å². The minimum absolute atomic E-state index is 0.0193. The van der Waals surface area contributed by atoms with Gasteiger partial charge in [0.1, 0.15) is 17.1 Å². The van der Waals surface area contributed by atoms with Gasteiger partial charge in [0, 0.05) is 30.7 Å². The molecule has 194 valence electrons. The van der Waals surface area contributed by atoms with Gasteiger partial charge in [0.15, 0.2) is 5.78 Å². The van der Waals surface area contributed by atoms with Crippen molar-refractivity contribution in [3.05, 3.63) is 17.5 Å². The summed E-state index contributed by atoms with van der Waals surface area (Å²) in [5, 5.41) is 4.42. The highest BCUT2D eigenvalue weighted by molar-refractivity contribution is 5.97. The van der Waals surface area contributed by atoms with Crippen LogP contribution in [-0.4, -0.2) is 45.9 Å². The molecule has 2 aliphatic carbocycles. The molecule has 0 radical (unpaired) electrons. The number of hydrazine groups is 1. The van der Waals surface area contributed by atoms with Crippen LogP contribution in [-0.2, 0) is 14.3 Å². The number of hydrogen-bond donors (Lipinski definition) is 1. The van der Waals surface area contributed by atoms with Crippen molar-refractivity contribution in [2.75, 3.05) is 6.54 Å². The molecule has 2 saturated carbocycles. The fourth-order valence-corrected chi connectivity index (χ4v) is 4.13. The van der Waals surface area contributed by atoms with Crippen LogP contribution in [0.15, 0.2) is 10.6 Å². The van der Waals surface area contributed by atoms with Crippen molar-refractivity contribution >= 4 is 23.6 Å². The zero-order chi connectivity index (χ0) is 26.0. The SMILES string of the molecule is CC1(C[C@H](CC(=O)c2cc(C(F)F)on2)C(=O)NN(C[C@@H]2CCCC2=O)C(=O)OC(C)(C)C)CC1.